The maximum Gasteiger partial charge on any atom is 0.328 e. The smallest absolute Gasteiger partial charge is 0.328 e. The third-order valence-corrected chi connectivity index (χ3v) is 5.14. The molecule has 2 heterocycles. The molecule has 2 N–H and O–H groups in total. The Labute approximate surface area is 181 Å². The van der Waals surface area contributed by atoms with E-state index >= 15 is 0 Å². The first-order valence-electron chi connectivity index (χ1n) is 9.97. The number of aromatic amines is 1. The van der Waals surface area contributed by atoms with Crippen LogP contribution in [-0.4, -0.2) is 40.0 Å². The number of hydrogen-bond acceptors (Lipinski definition) is 6. The molecule has 0 unspecified atom stereocenters. The van der Waals surface area contributed by atoms with Crippen molar-refractivity contribution in [2.24, 2.45) is 0 Å². The number of carbonyl (C=O) groups excluding carboxylic acids is 3. The van der Waals surface area contributed by atoms with Gasteiger partial charge in [0.15, 0.2) is 6.10 Å². The standard InChI is InChI=1S/C22H20N4O6/c1-13(21(30)26-12-18(27)23-15-7-3-5-9-17(15)26)32-19(28)10-11-25-16-8-4-2-6-14(16)20(29)24-22(25)31/h2-9,13H,10-12H2,1H3,(H,23,27)(H,24,29,31)/t13-/m0/s1. The van der Waals surface area contributed by atoms with Crippen molar-refractivity contribution in [3.05, 3.63) is 69.4 Å². The highest BCUT2D eigenvalue weighted by atomic mass is 16.5. The summed E-state index contributed by atoms with van der Waals surface area (Å²) in [6.45, 7) is 1.21. The van der Waals surface area contributed by atoms with Gasteiger partial charge in [0.2, 0.25) is 5.91 Å². The third kappa shape index (κ3) is 4.02. The van der Waals surface area contributed by atoms with Crippen molar-refractivity contribution in [1.82, 2.24) is 9.55 Å². The lowest BCUT2D eigenvalue weighted by Crippen LogP contribution is -2.47. The number of nitrogens with zero attached hydrogens (tertiary/aromatic N) is 2. The zero-order valence-corrected chi connectivity index (χ0v) is 17.2. The summed E-state index contributed by atoms with van der Waals surface area (Å²) in [5.41, 5.74) is 0.274. The number of esters is 1. The molecule has 10 nitrogen and oxygen atoms in total. The summed E-state index contributed by atoms with van der Waals surface area (Å²) in [5.74, 6) is -1.57. The van der Waals surface area contributed by atoms with Crippen LogP contribution in [-0.2, 0) is 25.7 Å². The summed E-state index contributed by atoms with van der Waals surface area (Å²) in [7, 11) is 0. The van der Waals surface area contributed by atoms with Gasteiger partial charge >= 0.3 is 11.7 Å². The van der Waals surface area contributed by atoms with Gasteiger partial charge < -0.3 is 10.1 Å². The van der Waals surface area contributed by atoms with Crippen LogP contribution < -0.4 is 21.5 Å². The predicted molar refractivity (Wildman–Crippen MR) is 116 cm³/mol. The average molecular weight is 436 g/mol. The SMILES string of the molecule is C[C@H](OC(=O)CCn1c(=O)[nH]c(=O)c2ccccc21)C(=O)N1CC(=O)Nc2ccccc21. The van der Waals surface area contributed by atoms with E-state index in [1.54, 1.807) is 48.5 Å². The second-order valence-electron chi connectivity index (χ2n) is 7.30. The van der Waals surface area contributed by atoms with Gasteiger partial charge in [-0.05, 0) is 31.2 Å². The zero-order chi connectivity index (χ0) is 22.8. The van der Waals surface area contributed by atoms with E-state index in [-0.39, 0.29) is 25.4 Å². The van der Waals surface area contributed by atoms with E-state index < -0.39 is 29.2 Å². The summed E-state index contributed by atoms with van der Waals surface area (Å²) in [4.78, 5) is 64.8. The molecular weight excluding hydrogens is 416 g/mol. The van der Waals surface area contributed by atoms with Gasteiger partial charge in [-0.1, -0.05) is 24.3 Å². The summed E-state index contributed by atoms with van der Waals surface area (Å²) in [5, 5.41) is 3.01. The Morgan fingerprint density at radius 2 is 1.78 bits per heavy atom. The van der Waals surface area contributed by atoms with Crippen molar-refractivity contribution < 1.29 is 19.1 Å². The molecule has 0 aliphatic carbocycles. The summed E-state index contributed by atoms with van der Waals surface area (Å²) in [6.07, 6.45) is -1.32. The van der Waals surface area contributed by atoms with E-state index in [1.807, 2.05) is 0 Å². The number of rotatable bonds is 5. The minimum absolute atomic E-state index is 0.0369. The number of amides is 2. The Morgan fingerprint density at radius 3 is 2.59 bits per heavy atom. The van der Waals surface area contributed by atoms with Crippen LogP contribution in [0.1, 0.15) is 13.3 Å². The Bertz CT molecular complexity index is 1340. The van der Waals surface area contributed by atoms with Crippen LogP contribution in [0, 0.1) is 0 Å². The molecule has 1 aliphatic heterocycles. The lowest BCUT2D eigenvalue weighted by Gasteiger charge is -2.30. The highest BCUT2D eigenvalue weighted by molar-refractivity contribution is 6.11. The van der Waals surface area contributed by atoms with Gasteiger partial charge in [0, 0.05) is 6.54 Å². The molecule has 1 aliphatic rings. The summed E-state index contributed by atoms with van der Waals surface area (Å²) < 4.78 is 6.54. The highest BCUT2D eigenvalue weighted by Gasteiger charge is 2.31. The number of ether oxygens (including phenoxy) is 1. The number of anilines is 2. The fraction of sp³-hybridized carbons (Fsp3) is 0.227. The van der Waals surface area contributed by atoms with Crippen LogP contribution in [0.25, 0.3) is 10.9 Å². The number of fused-ring (bicyclic) bond motifs is 2. The lowest BCUT2D eigenvalue weighted by molar-refractivity contribution is -0.154. The Kier molecular flexibility index (Phi) is 5.59. The van der Waals surface area contributed by atoms with Crippen LogP contribution in [0.5, 0.6) is 0 Å². The summed E-state index contributed by atoms with van der Waals surface area (Å²) >= 11 is 0. The Morgan fingerprint density at radius 1 is 1.06 bits per heavy atom. The van der Waals surface area contributed by atoms with Crippen LogP contribution in [0.2, 0.25) is 0 Å². The van der Waals surface area contributed by atoms with E-state index in [9.17, 15) is 24.0 Å². The quantitative estimate of drug-likeness (QED) is 0.574. The van der Waals surface area contributed by atoms with Crippen molar-refractivity contribution in [2.45, 2.75) is 26.0 Å². The van der Waals surface area contributed by atoms with E-state index in [4.69, 9.17) is 4.74 Å². The fourth-order valence-electron chi connectivity index (χ4n) is 3.62. The van der Waals surface area contributed by atoms with Gasteiger partial charge in [-0.2, -0.15) is 0 Å². The number of para-hydroxylation sites is 3. The zero-order valence-electron chi connectivity index (χ0n) is 17.2. The normalized spacial score (nSPS) is 13.9. The number of H-pyrrole nitrogens is 1. The second-order valence-corrected chi connectivity index (χ2v) is 7.30. The highest BCUT2D eigenvalue weighted by Crippen LogP contribution is 2.29. The molecule has 0 bridgehead atoms. The first-order chi connectivity index (χ1) is 15.3. The van der Waals surface area contributed by atoms with E-state index in [0.717, 1.165) is 0 Å². The summed E-state index contributed by atoms with van der Waals surface area (Å²) in [6, 6.07) is 13.4. The fourth-order valence-corrected chi connectivity index (χ4v) is 3.62. The van der Waals surface area contributed by atoms with E-state index in [1.165, 1.54) is 16.4 Å². The first kappa shape index (κ1) is 21.0. The van der Waals surface area contributed by atoms with Crippen LogP contribution in [0.4, 0.5) is 11.4 Å². The topological polar surface area (TPSA) is 131 Å². The molecule has 0 saturated heterocycles. The number of carbonyl (C=O) groups is 3. The lowest BCUT2D eigenvalue weighted by atomic mass is 10.1. The molecular formula is C22H20N4O6. The van der Waals surface area contributed by atoms with Crippen molar-refractivity contribution >= 4 is 40.1 Å². The minimum Gasteiger partial charge on any atom is -0.452 e. The Hall–Kier alpha value is -4.21. The Balaban J connectivity index is 1.45. The minimum atomic E-state index is -1.13. The van der Waals surface area contributed by atoms with Gasteiger partial charge in [-0.3, -0.25) is 33.6 Å². The predicted octanol–water partition coefficient (Wildman–Crippen LogP) is 0.997. The van der Waals surface area contributed by atoms with Gasteiger partial charge in [0.05, 0.1) is 28.7 Å². The van der Waals surface area contributed by atoms with Crippen LogP contribution in [0.3, 0.4) is 0 Å². The van der Waals surface area contributed by atoms with E-state index in [0.29, 0.717) is 22.3 Å². The van der Waals surface area contributed by atoms with Crippen molar-refractivity contribution in [1.29, 1.82) is 0 Å². The number of nitrogens with one attached hydrogen (secondary N) is 2. The van der Waals surface area contributed by atoms with Crippen LogP contribution in [0.15, 0.2) is 58.1 Å². The third-order valence-electron chi connectivity index (χ3n) is 5.14. The van der Waals surface area contributed by atoms with Gasteiger partial charge in [-0.15, -0.1) is 0 Å². The maximum absolute atomic E-state index is 12.9. The maximum atomic E-state index is 12.9. The molecule has 1 atom stereocenters. The van der Waals surface area contributed by atoms with Crippen LogP contribution >= 0.6 is 0 Å². The average Bonchev–Trinajstić information content (AvgIpc) is 2.77. The van der Waals surface area contributed by atoms with Gasteiger partial charge in [0.25, 0.3) is 11.5 Å². The molecule has 0 radical (unpaired) electrons. The molecule has 0 spiro atoms. The van der Waals surface area contributed by atoms with Crippen molar-refractivity contribution in [3.8, 4) is 0 Å². The molecule has 164 valence electrons. The molecule has 3 aromatic rings. The van der Waals surface area contributed by atoms with Gasteiger partial charge in [0.1, 0.15) is 6.54 Å². The number of benzene rings is 2. The number of hydrogen-bond donors (Lipinski definition) is 2. The number of aromatic nitrogens is 2. The largest absolute Gasteiger partial charge is 0.452 e. The second kappa shape index (κ2) is 8.50. The first-order valence-corrected chi connectivity index (χ1v) is 9.97. The van der Waals surface area contributed by atoms with Crippen molar-refractivity contribution in [2.75, 3.05) is 16.8 Å². The monoisotopic (exact) mass is 436 g/mol. The number of aryl methyl sites for hydroxylation is 1. The van der Waals surface area contributed by atoms with Crippen molar-refractivity contribution in [3.63, 3.8) is 0 Å². The molecule has 0 saturated carbocycles. The molecule has 1 aromatic heterocycles. The molecule has 2 aromatic carbocycles. The van der Waals surface area contributed by atoms with Gasteiger partial charge in [-0.25, -0.2) is 4.79 Å². The molecule has 4 rings (SSSR count). The van der Waals surface area contributed by atoms with E-state index in [2.05, 4.69) is 10.3 Å². The molecule has 0 fully saturated rings. The molecule has 32 heavy (non-hydrogen) atoms. The molecule has 2 amide bonds. The molecule has 10 heteroatoms.